The molecular formula is C10H12F2N2O2. The van der Waals surface area contributed by atoms with Crippen LogP contribution in [0.5, 0.6) is 5.75 Å². The van der Waals surface area contributed by atoms with Crippen molar-refractivity contribution < 1.29 is 18.3 Å². The Balaban J connectivity index is 3.04. The highest BCUT2D eigenvalue weighted by Gasteiger charge is 2.30. The normalized spacial score (nSPS) is 11.2. The van der Waals surface area contributed by atoms with E-state index in [0.717, 1.165) is 0 Å². The van der Waals surface area contributed by atoms with Crippen LogP contribution in [0, 0.1) is 6.92 Å². The molecule has 0 fully saturated rings. The summed E-state index contributed by atoms with van der Waals surface area (Å²) >= 11 is 0. The average Bonchev–Trinajstić information content (AvgIpc) is 2.12. The number of pyridine rings is 1. The number of alkyl halides is 2. The van der Waals surface area contributed by atoms with Gasteiger partial charge in [-0.2, -0.15) is 8.78 Å². The van der Waals surface area contributed by atoms with Gasteiger partial charge in [-0.1, -0.05) is 0 Å². The van der Waals surface area contributed by atoms with Gasteiger partial charge in [-0.05, 0) is 18.6 Å². The van der Waals surface area contributed by atoms with Crippen LogP contribution in [0.2, 0.25) is 0 Å². The third-order valence-electron chi connectivity index (χ3n) is 1.78. The number of aromatic nitrogens is 1. The van der Waals surface area contributed by atoms with Crippen LogP contribution in [0.25, 0.3) is 0 Å². The van der Waals surface area contributed by atoms with E-state index >= 15 is 0 Å². The van der Waals surface area contributed by atoms with Crippen LogP contribution in [-0.4, -0.2) is 17.5 Å². The van der Waals surface area contributed by atoms with Crippen LogP contribution in [0.1, 0.15) is 18.2 Å². The van der Waals surface area contributed by atoms with Gasteiger partial charge in [0.05, 0.1) is 0 Å². The lowest BCUT2D eigenvalue weighted by Gasteiger charge is -2.15. The lowest BCUT2D eigenvalue weighted by atomic mass is 10.2. The molecule has 88 valence electrons. The highest BCUT2D eigenvalue weighted by atomic mass is 19.3. The van der Waals surface area contributed by atoms with Gasteiger partial charge in [0.15, 0.2) is 12.3 Å². The second-order valence-corrected chi connectivity index (χ2v) is 3.50. The Hall–Kier alpha value is -1.72. The molecule has 6 heteroatoms. The Morgan fingerprint density at radius 1 is 1.62 bits per heavy atom. The first-order valence-electron chi connectivity index (χ1n) is 4.56. The molecule has 0 bridgehead atoms. The van der Waals surface area contributed by atoms with Gasteiger partial charge in [0, 0.05) is 13.1 Å². The fourth-order valence-corrected chi connectivity index (χ4v) is 1.13. The second kappa shape index (κ2) is 4.42. The Morgan fingerprint density at radius 3 is 2.75 bits per heavy atom. The molecule has 2 N–H and O–H groups in total. The topological polar surface area (TPSA) is 65.2 Å². The third-order valence-corrected chi connectivity index (χ3v) is 1.78. The summed E-state index contributed by atoms with van der Waals surface area (Å²) in [5, 5.41) is 0. The number of carbonyl (C=O) groups excluding carboxylic acids is 1. The molecule has 1 amide bonds. The van der Waals surface area contributed by atoms with E-state index in [1.165, 1.54) is 12.3 Å². The SMILES string of the molecule is Cc1cnc(C(C)(F)F)c(OCC(N)=O)c1. The first-order valence-corrected chi connectivity index (χ1v) is 4.56. The Morgan fingerprint density at radius 2 is 2.25 bits per heavy atom. The van der Waals surface area contributed by atoms with Crippen LogP contribution in [0.15, 0.2) is 12.3 Å². The fraction of sp³-hybridized carbons (Fsp3) is 0.400. The van der Waals surface area contributed by atoms with Gasteiger partial charge in [0.25, 0.3) is 11.8 Å². The van der Waals surface area contributed by atoms with Crippen LogP contribution in [0.3, 0.4) is 0 Å². The summed E-state index contributed by atoms with van der Waals surface area (Å²) in [4.78, 5) is 14.1. The smallest absolute Gasteiger partial charge is 0.290 e. The molecule has 4 nitrogen and oxygen atoms in total. The summed E-state index contributed by atoms with van der Waals surface area (Å²) in [6.45, 7) is 1.94. The molecule has 0 aromatic carbocycles. The number of amides is 1. The standard InChI is InChI=1S/C10H12F2N2O2/c1-6-3-7(16-5-8(13)15)9(14-4-6)10(2,11)12/h3-4H,5H2,1-2H3,(H2,13,15). The van der Waals surface area contributed by atoms with E-state index in [1.54, 1.807) is 6.92 Å². The summed E-state index contributed by atoms with van der Waals surface area (Å²) in [7, 11) is 0. The van der Waals surface area contributed by atoms with Crippen molar-refractivity contribution in [2.24, 2.45) is 5.73 Å². The molecule has 0 atom stereocenters. The highest BCUT2D eigenvalue weighted by Crippen LogP contribution is 2.32. The Bertz CT molecular complexity index is 402. The molecule has 0 unspecified atom stereocenters. The monoisotopic (exact) mass is 230 g/mol. The van der Waals surface area contributed by atoms with Crippen molar-refractivity contribution in [1.29, 1.82) is 0 Å². The van der Waals surface area contributed by atoms with Crippen molar-refractivity contribution >= 4 is 5.91 Å². The summed E-state index contributed by atoms with van der Waals surface area (Å²) < 4.78 is 31.1. The van der Waals surface area contributed by atoms with Crippen molar-refractivity contribution in [2.75, 3.05) is 6.61 Å². The highest BCUT2D eigenvalue weighted by molar-refractivity contribution is 5.75. The predicted molar refractivity (Wildman–Crippen MR) is 53.2 cm³/mol. The maximum Gasteiger partial charge on any atom is 0.290 e. The van der Waals surface area contributed by atoms with Gasteiger partial charge in [-0.3, -0.25) is 9.78 Å². The molecule has 0 aliphatic rings. The van der Waals surface area contributed by atoms with Crippen molar-refractivity contribution in [3.63, 3.8) is 0 Å². The molecule has 16 heavy (non-hydrogen) atoms. The van der Waals surface area contributed by atoms with Gasteiger partial charge < -0.3 is 10.5 Å². The zero-order chi connectivity index (χ0) is 12.3. The number of carbonyl (C=O) groups is 1. The van der Waals surface area contributed by atoms with E-state index in [2.05, 4.69) is 4.98 Å². The Labute approximate surface area is 91.4 Å². The van der Waals surface area contributed by atoms with Gasteiger partial charge in [0.1, 0.15) is 5.75 Å². The molecular weight excluding hydrogens is 218 g/mol. The minimum Gasteiger partial charge on any atom is -0.482 e. The number of nitrogens with zero attached hydrogens (tertiary/aromatic N) is 1. The van der Waals surface area contributed by atoms with Crippen molar-refractivity contribution in [2.45, 2.75) is 19.8 Å². The first kappa shape index (κ1) is 12.4. The summed E-state index contributed by atoms with van der Waals surface area (Å²) in [5.74, 6) is -3.97. The van der Waals surface area contributed by atoms with Gasteiger partial charge in [-0.15, -0.1) is 0 Å². The van der Waals surface area contributed by atoms with E-state index in [4.69, 9.17) is 10.5 Å². The quantitative estimate of drug-likeness (QED) is 0.849. The molecule has 1 aromatic rings. The molecule has 1 heterocycles. The largest absolute Gasteiger partial charge is 0.482 e. The van der Waals surface area contributed by atoms with E-state index in [-0.39, 0.29) is 5.75 Å². The molecule has 1 aromatic heterocycles. The van der Waals surface area contributed by atoms with E-state index < -0.39 is 24.1 Å². The van der Waals surface area contributed by atoms with Crippen LogP contribution in [0.4, 0.5) is 8.78 Å². The number of rotatable bonds is 4. The minimum absolute atomic E-state index is 0.119. The molecule has 0 spiro atoms. The van der Waals surface area contributed by atoms with Crippen LogP contribution in [-0.2, 0) is 10.7 Å². The van der Waals surface area contributed by atoms with Crippen molar-refractivity contribution in [3.8, 4) is 5.75 Å². The minimum atomic E-state index is -3.12. The van der Waals surface area contributed by atoms with E-state index in [0.29, 0.717) is 12.5 Å². The second-order valence-electron chi connectivity index (χ2n) is 3.50. The molecule has 0 aliphatic carbocycles. The van der Waals surface area contributed by atoms with Crippen LogP contribution >= 0.6 is 0 Å². The summed E-state index contributed by atoms with van der Waals surface area (Å²) in [6.07, 6.45) is 1.31. The van der Waals surface area contributed by atoms with Gasteiger partial charge >= 0.3 is 0 Å². The number of halogens is 2. The number of nitrogens with two attached hydrogens (primary N) is 1. The number of hydrogen-bond donors (Lipinski definition) is 1. The maximum atomic E-state index is 13.1. The molecule has 0 aliphatic heterocycles. The lowest BCUT2D eigenvalue weighted by molar-refractivity contribution is -0.120. The molecule has 0 radical (unpaired) electrons. The third kappa shape index (κ3) is 3.15. The number of ether oxygens (including phenoxy) is 1. The van der Waals surface area contributed by atoms with Gasteiger partial charge in [0.2, 0.25) is 0 Å². The van der Waals surface area contributed by atoms with E-state index in [9.17, 15) is 13.6 Å². The lowest BCUT2D eigenvalue weighted by Crippen LogP contribution is -2.22. The summed E-state index contributed by atoms with van der Waals surface area (Å²) in [6, 6.07) is 1.39. The average molecular weight is 230 g/mol. The molecule has 0 saturated carbocycles. The van der Waals surface area contributed by atoms with Crippen molar-refractivity contribution in [1.82, 2.24) is 4.98 Å². The van der Waals surface area contributed by atoms with E-state index in [1.807, 2.05) is 0 Å². The first-order chi connectivity index (χ1) is 7.30. The molecule has 1 rings (SSSR count). The fourth-order valence-electron chi connectivity index (χ4n) is 1.13. The van der Waals surface area contributed by atoms with Gasteiger partial charge in [-0.25, -0.2) is 0 Å². The molecule has 0 saturated heterocycles. The zero-order valence-corrected chi connectivity index (χ0v) is 8.96. The predicted octanol–water partition coefficient (Wildman–Crippen LogP) is 1.37. The maximum absolute atomic E-state index is 13.1. The van der Waals surface area contributed by atoms with Crippen LogP contribution < -0.4 is 10.5 Å². The summed E-state index contributed by atoms with van der Waals surface area (Å²) in [5.41, 5.74) is 5.02. The van der Waals surface area contributed by atoms with Crippen molar-refractivity contribution in [3.05, 3.63) is 23.5 Å². The zero-order valence-electron chi connectivity index (χ0n) is 8.96. The Kier molecular flexibility index (Phi) is 3.41. The number of hydrogen-bond acceptors (Lipinski definition) is 3. The number of aryl methyl sites for hydroxylation is 1. The number of primary amides is 1.